The highest BCUT2D eigenvalue weighted by molar-refractivity contribution is 7.89. The summed E-state index contributed by atoms with van der Waals surface area (Å²) >= 11 is 0. The smallest absolute Gasteiger partial charge is 0.243 e. The molecule has 3 rings (SSSR count). The van der Waals surface area contributed by atoms with Gasteiger partial charge in [-0.25, -0.2) is 8.42 Å². The van der Waals surface area contributed by atoms with Crippen LogP contribution < -0.4 is 9.47 Å². The predicted molar refractivity (Wildman–Crippen MR) is 138 cm³/mol. The Morgan fingerprint density at radius 3 is 2.28 bits per heavy atom. The summed E-state index contributed by atoms with van der Waals surface area (Å²) in [5, 5.41) is 0. The molecule has 0 fully saturated rings. The summed E-state index contributed by atoms with van der Waals surface area (Å²) in [5.74, 6) is 2.33. The molecule has 36 heavy (non-hydrogen) atoms. The lowest BCUT2D eigenvalue weighted by molar-refractivity contribution is -0.132. The van der Waals surface area contributed by atoms with Gasteiger partial charge in [-0.05, 0) is 61.7 Å². The molecule has 9 heteroatoms. The van der Waals surface area contributed by atoms with Gasteiger partial charge in [0, 0.05) is 13.1 Å². The Morgan fingerprint density at radius 2 is 1.67 bits per heavy atom. The van der Waals surface area contributed by atoms with Crippen LogP contribution in [0.4, 0.5) is 0 Å². The molecule has 194 valence electrons. The lowest BCUT2D eigenvalue weighted by Crippen LogP contribution is -2.43. The van der Waals surface area contributed by atoms with E-state index in [9.17, 15) is 13.2 Å². The SMILES string of the molecule is CCCN(CC(=O)N(CCc1ccc(OC)c(OC)c1)Cc1ccc(C)o1)S(=O)(=O)c1ccccc1. The van der Waals surface area contributed by atoms with Gasteiger partial charge in [0.1, 0.15) is 11.5 Å². The number of carbonyl (C=O) groups excluding carboxylic acids is 1. The Labute approximate surface area is 213 Å². The van der Waals surface area contributed by atoms with E-state index in [2.05, 4.69) is 0 Å². The summed E-state index contributed by atoms with van der Waals surface area (Å²) in [6.45, 7) is 4.33. The van der Waals surface area contributed by atoms with Gasteiger partial charge in [-0.3, -0.25) is 4.79 Å². The number of hydrogen-bond acceptors (Lipinski definition) is 6. The molecule has 0 aliphatic rings. The van der Waals surface area contributed by atoms with E-state index in [0.29, 0.717) is 36.6 Å². The number of benzene rings is 2. The zero-order chi connectivity index (χ0) is 26.1. The van der Waals surface area contributed by atoms with Crippen molar-refractivity contribution in [1.29, 1.82) is 0 Å². The average Bonchev–Trinajstić information content (AvgIpc) is 3.30. The minimum atomic E-state index is -3.81. The van der Waals surface area contributed by atoms with Crippen molar-refractivity contribution >= 4 is 15.9 Å². The molecule has 2 aromatic carbocycles. The monoisotopic (exact) mass is 514 g/mol. The van der Waals surface area contributed by atoms with Crippen LogP contribution in [0, 0.1) is 6.92 Å². The fourth-order valence-corrected chi connectivity index (χ4v) is 5.38. The molecule has 1 aromatic heterocycles. The number of methoxy groups -OCH3 is 2. The molecule has 0 bridgehead atoms. The number of hydrogen-bond donors (Lipinski definition) is 0. The molecule has 0 aliphatic carbocycles. The molecule has 0 aliphatic heterocycles. The summed E-state index contributed by atoms with van der Waals surface area (Å²) in [5.41, 5.74) is 0.961. The van der Waals surface area contributed by atoms with Gasteiger partial charge in [0.15, 0.2) is 11.5 Å². The maximum absolute atomic E-state index is 13.5. The summed E-state index contributed by atoms with van der Waals surface area (Å²) < 4.78 is 44.2. The molecule has 0 spiro atoms. The highest BCUT2D eigenvalue weighted by Gasteiger charge is 2.28. The molecule has 1 heterocycles. The third kappa shape index (κ3) is 6.89. The van der Waals surface area contributed by atoms with Crippen molar-refractivity contribution in [1.82, 2.24) is 9.21 Å². The third-order valence-corrected chi connectivity index (χ3v) is 7.64. The maximum Gasteiger partial charge on any atom is 0.243 e. The van der Waals surface area contributed by atoms with Crippen molar-refractivity contribution < 1.29 is 27.1 Å². The number of aryl methyl sites for hydroxylation is 1. The van der Waals surface area contributed by atoms with E-state index in [4.69, 9.17) is 13.9 Å². The first-order valence-corrected chi connectivity index (χ1v) is 13.3. The fraction of sp³-hybridized carbons (Fsp3) is 0.370. The Balaban J connectivity index is 1.82. The van der Waals surface area contributed by atoms with E-state index >= 15 is 0 Å². The van der Waals surface area contributed by atoms with Gasteiger partial charge < -0.3 is 18.8 Å². The second-order valence-electron chi connectivity index (χ2n) is 8.42. The minimum absolute atomic E-state index is 0.171. The summed E-state index contributed by atoms with van der Waals surface area (Å²) in [6.07, 6.45) is 1.13. The number of amides is 1. The lowest BCUT2D eigenvalue weighted by Gasteiger charge is -2.27. The zero-order valence-electron chi connectivity index (χ0n) is 21.3. The summed E-state index contributed by atoms with van der Waals surface area (Å²) in [6, 6.07) is 17.5. The average molecular weight is 515 g/mol. The topological polar surface area (TPSA) is 89.3 Å². The number of furan rings is 1. The molecule has 8 nitrogen and oxygen atoms in total. The van der Waals surface area contributed by atoms with Crippen molar-refractivity contribution in [2.45, 2.75) is 38.1 Å². The van der Waals surface area contributed by atoms with Crippen LogP contribution in [-0.2, 0) is 27.8 Å². The van der Waals surface area contributed by atoms with Gasteiger partial charge in [0.25, 0.3) is 0 Å². The third-order valence-electron chi connectivity index (χ3n) is 5.78. The first kappa shape index (κ1) is 27.3. The number of nitrogens with zero attached hydrogens (tertiary/aromatic N) is 2. The van der Waals surface area contributed by atoms with Crippen LogP contribution in [0.25, 0.3) is 0 Å². The van der Waals surface area contributed by atoms with E-state index in [1.54, 1.807) is 49.5 Å². The van der Waals surface area contributed by atoms with Crippen molar-refractivity contribution in [3.8, 4) is 11.5 Å². The number of ether oxygens (including phenoxy) is 2. The summed E-state index contributed by atoms with van der Waals surface area (Å²) in [7, 11) is -0.659. The highest BCUT2D eigenvalue weighted by Crippen LogP contribution is 2.28. The van der Waals surface area contributed by atoms with Gasteiger partial charge in [0.05, 0.1) is 32.2 Å². The Kier molecular flexibility index (Phi) is 9.55. The largest absolute Gasteiger partial charge is 0.493 e. The maximum atomic E-state index is 13.5. The van der Waals surface area contributed by atoms with Gasteiger partial charge in [-0.1, -0.05) is 31.2 Å². The zero-order valence-corrected chi connectivity index (χ0v) is 22.1. The Hall–Kier alpha value is -3.30. The van der Waals surface area contributed by atoms with Crippen molar-refractivity contribution in [2.75, 3.05) is 33.9 Å². The quantitative estimate of drug-likeness (QED) is 0.338. The van der Waals surface area contributed by atoms with E-state index in [0.717, 1.165) is 11.3 Å². The number of sulfonamides is 1. The van der Waals surface area contributed by atoms with Gasteiger partial charge >= 0.3 is 0 Å². The minimum Gasteiger partial charge on any atom is -0.493 e. The molecule has 0 N–H and O–H groups in total. The standard InChI is InChI=1S/C27H34N2O6S/c1-5-16-29(36(31,32)24-9-7-6-8-10-24)20-27(30)28(19-23-13-11-21(2)35-23)17-15-22-12-14-25(33-3)26(18-22)34-4/h6-14,18H,5,15-17,19-20H2,1-4H3. The van der Waals surface area contributed by atoms with E-state index in [1.165, 1.54) is 4.31 Å². The molecule has 0 atom stereocenters. The Bertz CT molecular complexity index is 1240. The van der Waals surface area contributed by atoms with E-state index in [-0.39, 0.29) is 30.4 Å². The lowest BCUT2D eigenvalue weighted by atomic mass is 10.1. The fourth-order valence-electron chi connectivity index (χ4n) is 3.88. The molecular formula is C27H34N2O6S. The van der Waals surface area contributed by atoms with Crippen molar-refractivity contribution in [3.63, 3.8) is 0 Å². The van der Waals surface area contributed by atoms with Crippen molar-refractivity contribution in [2.24, 2.45) is 0 Å². The molecule has 0 saturated heterocycles. The number of carbonyl (C=O) groups is 1. The van der Waals surface area contributed by atoms with Crippen LogP contribution in [0.3, 0.4) is 0 Å². The van der Waals surface area contributed by atoms with Gasteiger partial charge in [-0.15, -0.1) is 0 Å². The number of rotatable bonds is 13. The molecule has 0 radical (unpaired) electrons. The van der Waals surface area contributed by atoms with Crippen molar-refractivity contribution in [3.05, 3.63) is 77.7 Å². The van der Waals surface area contributed by atoms with Gasteiger partial charge in [0.2, 0.25) is 15.9 Å². The van der Waals surface area contributed by atoms with Crippen LogP contribution in [0.15, 0.2) is 70.0 Å². The molecule has 1 amide bonds. The van der Waals surface area contributed by atoms with E-state index in [1.807, 2.05) is 44.2 Å². The summed E-state index contributed by atoms with van der Waals surface area (Å²) in [4.78, 5) is 15.3. The van der Waals surface area contributed by atoms with Crippen LogP contribution in [0.2, 0.25) is 0 Å². The molecular weight excluding hydrogens is 480 g/mol. The normalized spacial score (nSPS) is 11.5. The molecule has 0 saturated carbocycles. The second-order valence-corrected chi connectivity index (χ2v) is 10.4. The molecule has 3 aromatic rings. The van der Waals surface area contributed by atoms with E-state index < -0.39 is 10.0 Å². The highest BCUT2D eigenvalue weighted by atomic mass is 32.2. The molecule has 0 unspecified atom stereocenters. The van der Waals surface area contributed by atoms with Gasteiger partial charge in [-0.2, -0.15) is 4.31 Å². The van der Waals surface area contributed by atoms with Crippen LogP contribution in [0.5, 0.6) is 11.5 Å². The first-order valence-electron chi connectivity index (χ1n) is 11.9. The second kappa shape index (κ2) is 12.6. The first-order chi connectivity index (χ1) is 17.3. The predicted octanol–water partition coefficient (Wildman–Crippen LogP) is 4.28. The Morgan fingerprint density at radius 1 is 0.944 bits per heavy atom. The van der Waals surface area contributed by atoms with Crippen LogP contribution >= 0.6 is 0 Å². The van der Waals surface area contributed by atoms with Crippen LogP contribution in [-0.4, -0.2) is 57.4 Å². The van der Waals surface area contributed by atoms with Crippen LogP contribution in [0.1, 0.15) is 30.4 Å².